The van der Waals surface area contributed by atoms with Crippen molar-refractivity contribution in [2.75, 3.05) is 5.32 Å². The number of amides is 1. The highest BCUT2D eigenvalue weighted by Gasteiger charge is 2.16. The first kappa shape index (κ1) is 16.1. The van der Waals surface area contributed by atoms with Gasteiger partial charge >= 0.3 is 5.69 Å². The predicted octanol–water partition coefficient (Wildman–Crippen LogP) is 2.35. The molecule has 132 valence electrons. The summed E-state index contributed by atoms with van der Waals surface area (Å²) in [6.07, 6.45) is 0. The van der Waals surface area contributed by atoms with E-state index < -0.39 is 0 Å². The van der Waals surface area contributed by atoms with Gasteiger partial charge in [0.05, 0.1) is 22.1 Å². The molecular weight excluding hydrogens is 330 g/mol. The van der Waals surface area contributed by atoms with E-state index in [2.05, 4.69) is 10.3 Å². The number of para-hydroxylation sites is 4. The van der Waals surface area contributed by atoms with E-state index in [-0.39, 0.29) is 18.1 Å². The van der Waals surface area contributed by atoms with E-state index in [1.54, 1.807) is 11.6 Å². The molecule has 0 fully saturated rings. The maximum Gasteiger partial charge on any atom is 0.329 e. The quantitative estimate of drug-likeness (QED) is 0.615. The number of carbonyl (C=O) groups is 1. The van der Waals surface area contributed by atoms with Gasteiger partial charge in [-0.25, -0.2) is 9.78 Å². The van der Waals surface area contributed by atoms with Gasteiger partial charge in [-0.05, 0) is 31.2 Å². The molecule has 0 saturated carbocycles. The standard InChI is InChI=1S/C19H19N5O2/c1-3-23-14-9-5-4-8-13(14)20-18(23)21-17(25)12-24-16-11-7-6-10-15(16)22(2)19(24)26/h4-11H,3,12H2,1-2H3,(H,20,21,25). The molecule has 0 atom stereocenters. The molecule has 1 N–H and O–H groups in total. The van der Waals surface area contributed by atoms with Crippen LogP contribution in [0.3, 0.4) is 0 Å². The third-order valence-electron chi connectivity index (χ3n) is 4.58. The Kier molecular flexibility index (Phi) is 3.84. The lowest BCUT2D eigenvalue weighted by Gasteiger charge is -2.08. The number of anilines is 1. The summed E-state index contributed by atoms with van der Waals surface area (Å²) < 4.78 is 4.96. The highest BCUT2D eigenvalue weighted by Crippen LogP contribution is 2.19. The third kappa shape index (κ3) is 2.48. The Morgan fingerprint density at radius 1 is 1.00 bits per heavy atom. The van der Waals surface area contributed by atoms with Crippen molar-refractivity contribution in [3.05, 3.63) is 59.0 Å². The van der Waals surface area contributed by atoms with Crippen LogP contribution in [0, 0.1) is 0 Å². The lowest BCUT2D eigenvalue weighted by molar-refractivity contribution is -0.116. The third-order valence-corrected chi connectivity index (χ3v) is 4.58. The van der Waals surface area contributed by atoms with Crippen LogP contribution in [-0.2, 0) is 24.9 Å². The zero-order valence-corrected chi connectivity index (χ0v) is 14.6. The molecule has 0 aliphatic carbocycles. The summed E-state index contributed by atoms with van der Waals surface area (Å²) in [6, 6.07) is 15.2. The Hall–Kier alpha value is -3.35. The highest BCUT2D eigenvalue weighted by atomic mass is 16.2. The molecule has 0 aliphatic heterocycles. The number of carbonyl (C=O) groups excluding carboxylic acids is 1. The molecule has 7 heteroatoms. The van der Waals surface area contributed by atoms with E-state index in [0.29, 0.717) is 12.5 Å². The topological polar surface area (TPSA) is 73.8 Å². The highest BCUT2D eigenvalue weighted by molar-refractivity contribution is 5.92. The van der Waals surface area contributed by atoms with Gasteiger partial charge in [-0.1, -0.05) is 24.3 Å². The molecule has 4 rings (SSSR count). The maximum absolute atomic E-state index is 12.6. The minimum atomic E-state index is -0.284. The van der Waals surface area contributed by atoms with E-state index in [1.165, 1.54) is 4.57 Å². The van der Waals surface area contributed by atoms with Crippen LogP contribution in [0.2, 0.25) is 0 Å². The SMILES string of the molecule is CCn1c(NC(=O)Cn2c(=O)n(C)c3ccccc32)nc2ccccc21. The van der Waals surface area contributed by atoms with Gasteiger partial charge in [0.15, 0.2) is 0 Å². The van der Waals surface area contributed by atoms with E-state index in [1.807, 2.05) is 60.0 Å². The smallest absolute Gasteiger partial charge is 0.310 e. The Bertz CT molecular complexity index is 1180. The molecule has 0 saturated heterocycles. The molecule has 0 unspecified atom stereocenters. The summed E-state index contributed by atoms with van der Waals surface area (Å²) in [7, 11) is 1.70. The molecule has 2 aromatic carbocycles. The van der Waals surface area contributed by atoms with Crippen LogP contribution < -0.4 is 11.0 Å². The summed E-state index contributed by atoms with van der Waals surface area (Å²) in [5.41, 5.74) is 3.11. The molecule has 0 radical (unpaired) electrons. The lowest BCUT2D eigenvalue weighted by atomic mass is 10.3. The summed E-state index contributed by atoms with van der Waals surface area (Å²) >= 11 is 0. The summed E-state index contributed by atoms with van der Waals surface area (Å²) in [5.74, 6) is 0.209. The van der Waals surface area contributed by atoms with Crippen molar-refractivity contribution in [1.29, 1.82) is 0 Å². The number of aromatic nitrogens is 4. The molecule has 26 heavy (non-hydrogen) atoms. The number of nitrogens with one attached hydrogen (secondary N) is 1. The minimum absolute atomic E-state index is 0.0624. The van der Waals surface area contributed by atoms with Crippen LogP contribution >= 0.6 is 0 Å². The summed E-state index contributed by atoms with van der Waals surface area (Å²) in [6.45, 7) is 2.62. The summed E-state index contributed by atoms with van der Waals surface area (Å²) in [4.78, 5) is 29.6. The number of fused-ring (bicyclic) bond motifs is 2. The summed E-state index contributed by atoms with van der Waals surface area (Å²) in [5, 5.41) is 2.84. The normalized spacial score (nSPS) is 11.3. The molecule has 0 bridgehead atoms. The van der Waals surface area contributed by atoms with E-state index in [0.717, 1.165) is 22.1 Å². The van der Waals surface area contributed by atoms with Crippen LogP contribution in [0.25, 0.3) is 22.1 Å². The van der Waals surface area contributed by atoms with Gasteiger partial charge < -0.3 is 4.57 Å². The number of benzene rings is 2. The van der Waals surface area contributed by atoms with Crippen LogP contribution in [0.5, 0.6) is 0 Å². The minimum Gasteiger partial charge on any atom is -0.310 e. The zero-order valence-electron chi connectivity index (χ0n) is 14.6. The number of hydrogen-bond acceptors (Lipinski definition) is 3. The van der Waals surface area contributed by atoms with Crippen molar-refractivity contribution < 1.29 is 4.79 Å². The number of imidazole rings is 2. The Morgan fingerprint density at radius 3 is 2.38 bits per heavy atom. The monoisotopic (exact) mass is 349 g/mol. The van der Waals surface area contributed by atoms with Crippen LogP contribution in [0.15, 0.2) is 53.3 Å². The van der Waals surface area contributed by atoms with Gasteiger partial charge in [0.1, 0.15) is 6.54 Å². The fraction of sp³-hybridized carbons (Fsp3) is 0.211. The lowest BCUT2D eigenvalue weighted by Crippen LogP contribution is -2.29. The Labute approximate surface area is 149 Å². The molecule has 2 heterocycles. The van der Waals surface area contributed by atoms with E-state index in [9.17, 15) is 9.59 Å². The van der Waals surface area contributed by atoms with Crippen LogP contribution in [-0.4, -0.2) is 24.6 Å². The molecule has 1 amide bonds. The van der Waals surface area contributed by atoms with Crippen molar-refractivity contribution in [1.82, 2.24) is 18.7 Å². The maximum atomic E-state index is 12.6. The van der Waals surface area contributed by atoms with Crippen molar-refractivity contribution in [3.63, 3.8) is 0 Å². The number of hydrogen-bond donors (Lipinski definition) is 1. The predicted molar refractivity (Wildman–Crippen MR) is 101 cm³/mol. The van der Waals surface area contributed by atoms with Crippen LogP contribution in [0.4, 0.5) is 5.95 Å². The van der Waals surface area contributed by atoms with E-state index in [4.69, 9.17) is 0 Å². The molecule has 0 aliphatic rings. The second kappa shape index (κ2) is 6.18. The second-order valence-corrected chi connectivity index (χ2v) is 6.13. The number of aryl methyl sites for hydroxylation is 2. The van der Waals surface area contributed by atoms with Crippen molar-refractivity contribution in [2.24, 2.45) is 7.05 Å². The Morgan fingerprint density at radius 2 is 1.65 bits per heavy atom. The van der Waals surface area contributed by atoms with Crippen molar-refractivity contribution in [2.45, 2.75) is 20.0 Å². The largest absolute Gasteiger partial charge is 0.329 e. The molecule has 0 spiro atoms. The van der Waals surface area contributed by atoms with Crippen LogP contribution in [0.1, 0.15) is 6.92 Å². The average molecular weight is 349 g/mol. The van der Waals surface area contributed by atoms with Crippen molar-refractivity contribution in [3.8, 4) is 0 Å². The Balaban J connectivity index is 1.67. The first-order chi connectivity index (χ1) is 12.6. The van der Waals surface area contributed by atoms with Crippen molar-refractivity contribution >= 4 is 33.9 Å². The molecular formula is C19H19N5O2. The average Bonchev–Trinajstić information content (AvgIpc) is 3.12. The first-order valence-electron chi connectivity index (χ1n) is 8.49. The molecule has 2 aromatic heterocycles. The van der Waals surface area contributed by atoms with Gasteiger partial charge in [-0.15, -0.1) is 0 Å². The van der Waals surface area contributed by atoms with Gasteiger partial charge in [0.25, 0.3) is 0 Å². The molecule has 7 nitrogen and oxygen atoms in total. The number of rotatable bonds is 4. The fourth-order valence-electron chi connectivity index (χ4n) is 3.31. The fourth-order valence-corrected chi connectivity index (χ4v) is 3.31. The first-order valence-corrected chi connectivity index (χ1v) is 8.49. The van der Waals surface area contributed by atoms with Gasteiger partial charge in [-0.3, -0.25) is 19.2 Å². The zero-order chi connectivity index (χ0) is 18.3. The van der Waals surface area contributed by atoms with Gasteiger partial charge in [0.2, 0.25) is 11.9 Å². The molecule has 4 aromatic rings. The number of nitrogens with zero attached hydrogens (tertiary/aromatic N) is 4. The van der Waals surface area contributed by atoms with E-state index >= 15 is 0 Å². The van der Waals surface area contributed by atoms with Gasteiger partial charge in [0, 0.05) is 13.6 Å². The van der Waals surface area contributed by atoms with Gasteiger partial charge in [-0.2, -0.15) is 0 Å². The second-order valence-electron chi connectivity index (χ2n) is 6.13.